The van der Waals surface area contributed by atoms with E-state index in [0.29, 0.717) is 0 Å². The molecule has 95 valence electrons. The van der Waals surface area contributed by atoms with Crippen molar-refractivity contribution in [3.8, 4) is 0 Å². The van der Waals surface area contributed by atoms with Gasteiger partial charge in [-0.1, -0.05) is 13.8 Å². The normalized spacial score (nSPS) is 22.5. The maximum absolute atomic E-state index is 10.5. The molecule has 1 aliphatic heterocycles. The number of hydrogen-bond donors (Lipinski definition) is 0. The van der Waals surface area contributed by atoms with E-state index in [1.807, 2.05) is 20.8 Å². The molecule has 0 N–H and O–H groups in total. The molecule has 1 aliphatic rings. The van der Waals surface area contributed by atoms with Crippen molar-refractivity contribution in [3.63, 3.8) is 0 Å². The minimum absolute atomic E-state index is 0. The fraction of sp³-hybridized carbons (Fsp3) is 0.417. The van der Waals surface area contributed by atoms with Crippen LogP contribution in [-0.4, -0.2) is 10.5 Å². The van der Waals surface area contributed by atoms with E-state index in [9.17, 15) is 10.1 Å². The van der Waals surface area contributed by atoms with Crippen LogP contribution in [0, 0.1) is 16.2 Å². The zero-order valence-corrected chi connectivity index (χ0v) is 12.3. The van der Waals surface area contributed by atoms with Crippen LogP contribution >= 0.6 is 0 Å². The molecular weight excluding hydrogens is 267 g/mol. The number of hydrogen-bond acceptors (Lipinski definition) is 4. The minimum atomic E-state index is -0.481. The molecule has 0 amide bonds. The third-order valence-electron chi connectivity index (χ3n) is 2.91. The summed E-state index contributed by atoms with van der Waals surface area (Å²) >= 11 is 0. The molecule has 0 aromatic heterocycles. The second kappa shape index (κ2) is 5.59. The number of nitro groups is 1. The molecule has 0 bridgehead atoms. The maximum Gasteiger partial charge on any atom is 0.269 e. The average molecular weight is 281 g/mol. The summed E-state index contributed by atoms with van der Waals surface area (Å²) in [7, 11) is 0. The van der Waals surface area contributed by atoms with Crippen LogP contribution in [0.2, 0.25) is 0 Å². The van der Waals surface area contributed by atoms with Crippen molar-refractivity contribution < 1.29 is 40.2 Å². The standard InChI is InChI=1S/C12H14NO4.Sc/c1-8-12(2,3)17-11(16-8)9-4-6-10(7-5-9)13(14)15;/h4-7,11H,1-3H3;/q-1;. The molecule has 1 aromatic rings. The van der Waals surface area contributed by atoms with E-state index in [2.05, 4.69) is 0 Å². The van der Waals surface area contributed by atoms with Crippen molar-refractivity contribution in [2.24, 2.45) is 0 Å². The Morgan fingerprint density at radius 1 is 1.33 bits per heavy atom. The molecule has 0 spiro atoms. The van der Waals surface area contributed by atoms with Gasteiger partial charge in [-0.15, -0.1) is 0 Å². The van der Waals surface area contributed by atoms with E-state index < -0.39 is 16.8 Å². The first-order valence-corrected chi connectivity index (χ1v) is 5.33. The zero-order valence-electron chi connectivity index (χ0n) is 10.5. The first kappa shape index (κ1) is 15.5. The first-order valence-electron chi connectivity index (χ1n) is 5.33. The van der Waals surface area contributed by atoms with Gasteiger partial charge in [-0.2, -0.15) is 13.0 Å². The van der Waals surface area contributed by atoms with Gasteiger partial charge in [0.25, 0.3) is 5.69 Å². The topological polar surface area (TPSA) is 61.6 Å². The Balaban J connectivity index is 0.00000162. The van der Waals surface area contributed by atoms with E-state index in [4.69, 9.17) is 9.47 Å². The fourth-order valence-corrected chi connectivity index (χ4v) is 1.57. The number of nitrogens with zero attached hydrogens (tertiary/aromatic N) is 1. The van der Waals surface area contributed by atoms with Crippen molar-refractivity contribution in [1.82, 2.24) is 0 Å². The quantitative estimate of drug-likeness (QED) is 0.475. The molecule has 5 nitrogen and oxygen atoms in total. The fourth-order valence-electron chi connectivity index (χ4n) is 1.57. The number of benzene rings is 1. The van der Waals surface area contributed by atoms with Gasteiger partial charge >= 0.3 is 0 Å². The van der Waals surface area contributed by atoms with Gasteiger partial charge in [0.2, 0.25) is 0 Å². The van der Waals surface area contributed by atoms with Crippen LogP contribution in [0.5, 0.6) is 0 Å². The van der Waals surface area contributed by atoms with Crippen LogP contribution in [0.3, 0.4) is 0 Å². The average Bonchev–Trinajstić information content (AvgIpc) is 2.54. The monoisotopic (exact) mass is 281 g/mol. The SMILES string of the molecule is C[C-]1OC(c2ccc([N+](=O)[O-])cc2)OC1(C)C.[Sc]. The first-order chi connectivity index (χ1) is 7.90. The number of nitro benzene ring substituents is 1. The van der Waals surface area contributed by atoms with Crippen molar-refractivity contribution in [1.29, 1.82) is 0 Å². The molecular formula is C12H14NO4Sc-. The van der Waals surface area contributed by atoms with Gasteiger partial charge in [-0.3, -0.25) is 10.1 Å². The molecule has 1 unspecified atom stereocenters. The summed E-state index contributed by atoms with van der Waals surface area (Å²) < 4.78 is 11.3. The van der Waals surface area contributed by atoms with E-state index >= 15 is 0 Å². The van der Waals surface area contributed by atoms with Crippen LogP contribution in [0.15, 0.2) is 24.3 Å². The van der Waals surface area contributed by atoms with Crippen molar-refractivity contribution >= 4 is 5.69 Å². The second-order valence-corrected chi connectivity index (χ2v) is 4.48. The van der Waals surface area contributed by atoms with Crippen LogP contribution in [0.1, 0.15) is 32.6 Å². The van der Waals surface area contributed by atoms with E-state index in [0.717, 1.165) is 11.7 Å². The van der Waals surface area contributed by atoms with Gasteiger partial charge in [0.15, 0.2) is 6.29 Å². The summed E-state index contributed by atoms with van der Waals surface area (Å²) in [6, 6.07) is 6.19. The Bertz CT molecular complexity index is 432. The largest absolute Gasteiger partial charge is 0.521 e. The maximum atomic E-state index is 10.5. The van der Waals surface area contributed by atoms with Gasteiger partial charge in [0, 0.05) is 43.5 Å². The Kier molecular flexibility index (Phi) is 4.80. The molecule has 6 heteroatoms. The van der Waals surface area contributed by atoms with E-state index in [1.54, 1.807) is 12.1 Å². The molecule has 0 saturated carbocycles. The molecule has 18 heavy (non-hydrogen) atoms. The summed E-state index contributed by atoms with van der Waals surface area (Å²) in [5.41, 5.74) is 0.416. The van der Waals surface area contributed by atoms with Crippen LogP contribution in [0.25, 0.3) is 0 Å². The van der Waals surface area contributed by atoms with Gasteiger partial charge in [-0.05, 0) is 17.7 Å². The summed E-state index contributed by atoms with van der Waals surface area (Å²) in [5.74, 6) is 0. The van der Waals surface area contributed by atoms with Gasteiger partial charge in [0.05, 0.1) is 4.92 Å². The second-order valence-electron chi connectivity index (χ2n) is 4.48. The summed E-state index contributed by atoms with van der Waals surface area (Å²) in [4.78, 5) is 10.1. The van der Waals surface area contributed by atoms with Crippen molar-refractivity contribution in [3.05, 3.63) is 46.0 Å². The molecule has 1 aromatic carbocycles. The molecule has 1 heterocycles. The van der Waals surface area contributed by atoms with Crippen LogP contribution < -0.4 is 0 Å². The summed E-state index contributed by atoms with van der Waals surface area (Å²) in [6.07, 6.45) is 0.326. The Labute approximate surface area is 124 Å². The number of non-ortho nitro benzene ring substituents is 1. The minimum Gasteiger partial charge on any atom is -0.521 e. The summed E-state index contributed by atoms with van der Waals surface area (Å²) in [6.45, 7) is 5.72. The van der Waals surface area contributed by atoms with Gasteiger partial charge in [0.1, 0.15) is 0 Å². The smallest absolute Gasteiger partial charge is 0.269 e. The number of rotatable bonds is 2. The van der Waals surface area contributed by atoms with Crippen LogP contribution in [0.4, 0.5) is 5.69 Å². The van der Waals surface area contributed by atoms with Crippen LogP contribution in [-0.2, 0) is 35.3 Å². The molecule has 1 radical (unpaired) electrons. The van der Waals surface area contributed by atoms with Crippen molar-refractivity contribution in [2.45, 2.75) is 32.7 Å². The van der Waals surface area contributed by atoms with Crippen molar-refractivity contribution in [2.75, 3.05) is 0 Å². The molecule has 1 atom stereocenters. The Hall–Kier alpha value is -0.590. The molecule has 1 fully saturated rings. The van der Waals surface area contributed by atoms with Gasteiger partial charge in [-0.25, -0.2) is 0 Å². The predicted molar refractivity (Wildman–Crippen MR) is 61.0 cm³/mol. The number of ether oxygens (including phenoxy) is 2. The van der Waals surface area contributed by atoms with E-state index in [1.165, 1.54) is 12.1 Å². The predicted octanol–water partition coefficient (Wildman–Crippen LogP) is 2.97. The molecule has 0 aliphatic carbocycles. The Morgan fingerprint density at radius 3 is 2.28 bits per heavy atom. The molecule has 2 rings (SSSR count). The van der Waals surface area contributed by atoms with Gasteiger partial charge < -0.3 is 9.47 Å². The third-order valence-corrected chi connectivity index (χ3v) is 2.91. The third kappa shape index (κ3) is 3.05. The zero-order chi connectivity index (χ0) is 12.6. The molecule has 1 saturated heterocycles. The Morgan fingerprint density at radius 2 is 1.89 bits per heavy atom. The van der Waals surface area contributed by atoms with E-state index in [-0.39, 0.29) is 31.5 Å². The summed E-state index contributed by atoms with van der Waals surface area (Å²) in [5, 5.41) is 10.5.